The van der Waals surface area contributed by atoms with Crippen LogP contribution in [0.3, 0.4) is 0 Å². The maximum atomic E-state index is 11.8. The zero-order chi connectivity index (χ0) is 11.5. The molecule has 3 heteroatoms. The quantitative estimate of drug-likeness (QED) is 0.838. The van der Waals surface area contributed by atoms with Crippen LogP contribution in [0.15, 0.2) is 24.3 Å². The molecule has 0 spiro atoms. The SMILES string of the molecule is CC(O)CCCN1C(=O)Cc2ccccc21. The number of aliphatic hydroxyl groups is 1. The lowest BCUT2D eigenvalue weighted by atomic mass is 10.2. The van der Waals surface area contributed by atoms with Gasteiger partial charge in [0.15, 0.2) is 0 Å². The molecule has 0 saturated carbocycles. The highest BCUT2D eigenvalue weighted by atomic mass is 16.3. The van der Waals surface area contributed by atoms with Gasteiger partial charge >= 0.3 is 0 Å². The highest BCUT2D eigenvalue weighted by Crippen LogP contribution is 2.28. The summed E-state index contributed by atoms with van der Waals surface area (Å²) in [5.74, 6) is 0.173. The van der Waals surface area contributed by atoms with Crippen LogP contribution in [0.25, 0.3) is 0 Å². The van der Waals surface area contributed by atoms with Crippen molar-refractivity contribution >= 4 is 11.6 Å². The van der Waals surface area contributed by atoms with Gasteiger partial charge in [-0.3, -0.25) is 4.79 Å². The van der Waals surface area contributed by atoms with E-state index in [-0.39, 0.29) is 12.0 Å². The Balaban J connectivity index is 2.02. The molecule has 3 nitrogen and oxygen atoms in total. The van der Waals surface area contributed by atoms with Gasteiger partial charge < -0.3 is 10.0 Å². The highest BCUT2D eigenvalue weighted by molar-refractivity contribution is 6.01. The monoisotopic (exact) mass is 219 g/mol. The van der Waals surface area contributed by atoms with Gasteiger partial charge in [0.25, 0.3) is 0 Å². The Morgan fingerprint density at radius 2 is 2.19 bits per heavy atom. The Morgan fingerprint density at radius 1 is 1.44 bits per heavy atom. The highest BCUT2D eigenvalue weighted by Gasteiger charge is 2.25. The zero-order valence-electron chi connectivity index (χ0n) is 9.52. The molecule has 1 N–H and O–H groups in total. The van der Waals surface area contributed by atoms with Crippen LogP contribution < -0.4 is 4.90 Å². The Bertz CT molecular complexity index is 387. The van der Waals surface area contributed by atoms with E-state index in [1.807, 2.05) is 29.2 Å². The summed E-state index contributed by atoms with van der Waals surface area (Å²) in [6, 6.07) is 7.91. The number of nitrogens with zero attached hydrogens (tertiary/aromatic N) is 1. The summed E-state index contributed by atoms with van der Waals surface area (Å²) in [6.07, 6.45) is 1.82. The van der Waals surface area contributed by atoms with Crippen LogP contribution in [0, 0.1) is 0 Å². The molecular formula is C13H17NO2. The second-order valence-electron chi connectivity index (χ2n) is 4.34. The second-order valence-corrected chi connectivity index (χ2v) is 4.34. The molecule has 1 aliphatic heterocycles. The van der Waals surface area contributed by atoms with Crippen LogP contribution in [0.2, 0.25) is 0 Å². The first-order valence-electron chi connectivity index (χ1n) is 5.75. The largest absolute Gasteiger partial charge is 0.393 e. The number of carbonyl (C=O) groups is 1. The molecule has 0 aromatic heterocycles. The number of fused-ring (bicyclic) bond motifs is 1. The van der Waals surface area contributed by atoms with Crippen LogP contribution >= 0.6 is 0 Å². The van der Waals surface area contributed by atoms with E-state index < -0.39 is 0 Å². The van der Waals surface area contributed by atoms with Gasteiger partial charge in [0.05, 0.1) is 12.5 Å². The lowest BCUT2D eigenvalue weighted by Gasteiger charge is -2.17. The number of hydrogen-bond donors (Lipinski definition) is 1. The van der Waals surface area contributed by atoms with Crippen LogP contribution in [-0.4, -0.2) is 23.7 Å². The first kappa shape index (κ1) is 11.1. The van der Waals surface area contributed by atoms with Crippen molar-refractivity contribution in [1.82, 2.24) is 0 Å². The molecule has 0 radical (unpaired) electrons. The van der Waals surface area contributed by atoms with Gasteiger partial charge in [0.1, 0.15) is 0 Å². The van der Waals surface area contributed by atoms with Gasteiger partial charge in [-0.05, 0) is 31.4 Å². The molecule has 1 heterocycles. The fourth-order valence-corrected chi connectivity index (χ4v) is 2.11. The maximum absolute atomic E-state index is 11.8. The molecule has 1 atom stereocenters. The summed E-state index contributed by atoms with van der Waals surface area (Å²) >= 11 is 0. The van der Waals surface area contributed by atoms with Gasteiger partial charge in [-0.25, -0.2) is 0 Å². The van der Waals surface area contributed by atoms with Crippen molar-refractivity contribution in [2.24, 2.45) is 0 Å². The molecule has 1 amide bonds. The molecule has 16 heavy (non-hydrogen) atoms. The van der Waals surface area contributed by atoms with Crippen molar-refractivity contribution in [3.05, 3.63) is 29.8 Å². The molecule has 0 bridgehead atoms. The summed E-state index contributed by atoms with van der Waals surface area (Å²) in [6.45, 7) is 2.49. The number of carbonyl (C=O) groups excluding carboxylic acids is 1. The predicted molar refractivity (Wildman–Crippen MR) is 63.4 cm³/mol. The van der Waals surface area contributed by atoms with Gasteiger partial charge in [0, 0.05) is 12.2 Å². The van der Waals surface area contributed by atoms with E-state index in [9.17, 15) is 9.90 Å². The Hall–Kier alpha value is -1.35. The van der Waals surface area contributed by atoms with Crippen molar-refractivity contribution in [3.8, 4) is 0 Å². The normalized spacial score (nSPS) is 16.4. The molecule has 0 fully saturated rings. The molecule has 0 aliphatic carbocycles. The van der Waals surface area contributed by atoms with Gasteiger partial charge in [0.2, 0.25) is 5.91 Å². The topological polar surface area (TPSA) is 40.5 Å². The minimum atomic E-state index is -0.284. The molecule has 2 rings (SSSR count). The van der Waals surface area contributed by atoms with Crippen molar-refractivity contribution < 1.29 is 9.90 Å². The Kier molecular flexibility index (Phi) is 3.25. The predicted octanol–water partition coefficient (Wildman–Crippen LogP) is 1.74. The smallest absolute Gasteiger partial charge is 0.231 e. The van der Waals surface area contributed by atoms with Crippen molar-refractivity contribution in [2.75, 3.05) is 11.4 Å². The zero-order valence-corrected chi connectivity index (χ0v) is 9.52. The fourth-order valence-electron chi connectivity index (χ4n) is 2.11. The molecule has 1 aromatic rings. The third kappa shape index (κ3) is 2.25. The fraction of sp³-hybridized carbons (Fsp3) is 0.462. The van der Waals surface area contributed by atoms with E-state index in [2.05, 4.69) is 0 Å². The summed E-state index contributed by atoms with van der Waals surface area (Å²) in [7, 11) is 0. The number of amides is 1. The first-order chi connectivity index (χ1) is 7.68. The number of anilines is 1. The molecule has 0 saturated heterocycles. The van der Waals surface area contributed by atoms with E-state index in [1.165, 1.54) is 0 Å². The average Bonchev–Trinajstić information content (AvgIpc) is 2.55. The standard InChI is InChI=1S/C13H17NO2/c1-10(15)5-4-8-14-12-7-3-2-6-11(12)9-13(14)16/h2-3,6-7,10,15H,4-5,8-9H2,1H3. The second kappa shape index (κ2) is 4.66. The van der Waals surface area contributed by atoms with E-state index in [1.54, 1.807) is 6.92 Å². The lowest BCUT2D eigenvalue weighted by molar-refractivity contribution is -0.117. The van der Waals surface area contributed by atoms with Gasteiger partial charge in [-0.15, -0.1) is 0 Å². The third-order valence-electron chi connectivity index (χ3n) is 2.93. The minimum Gasteiger partial charge on any atom is -0.393 e. The number of benzene rings is 1. The maximum Gasteiger partial charge on any atom is 0.231 e. The Labute approximate surface area is 95.7 Å². The Morgan fingerprint density at radius 3 is 2.94 bits per heavy atom. The van der Waals surface area contributed by atoms with Crippen LogP contribution in [0.5, 0.6) is 0 Å². The van der Waals surface area contributed by atoms with E-state index in [4.69, 9.17) is 0 Å². The van der Waals surface area contributed by atoms with Gasteiger partial charge in [-0.2, -0.15) is 0 Å². The third-order valence-corrected chi connectivity index (χ3v) is 2.93. The number of hydrogen-bond acceptors (Lipinski definition) is 2. The first-order valence-corrected chi connectivity index (χ1v) is 5.75. The van der Waals surface area contributed by atoms with Crippen molar-refractivity contribution in [3.63, 3.8) is 0 Å². The van der Waals surface area contributed by atoms with E-state index in [0.717, 1.165) is 24.1 Å². The van der Waals surface area contributed by atoms with Crippen LogP contribution in [0.4, 0.5) is 5.69 Å². The number of aliphatic hydroxyl groups excluding tert-OH is 1. The summed E-state index contributed by atoms with van der Waals surface area (Å²) in [4.78, 5) is 13.6. The van der Waals surface area contributed by atoms with E-state index >= 15 is 0 Å². The summed E-state index contributed by atoms with van der Waals surface area (Å²) < 4.78 is 0. The molecular weight excluding hydrogens is 202 g/mol. The molecule has 1 aromatic carbocycles. The molecule has 1 unspecified atom stereocenters. The van der Waals surface area contributed by atoms with Crippen molar-refractivity contribution in [2.45, 2.75) is 32.3 Å². The number of rotatable bonds is 4. The van der Waals surface area contributed by atoms with Crippen molar-refractivity contribution in [1.29, 1.82) is 0 Å². The van der Waals surface area contributed by atoms with Crippen LogP contribution in [0.1, 0.15) is 25.3 Å². The molecule has 1 aliphatic rings. The minimum absolute atomic E-state index is 0.173. The lowest BCUT2D eigenvalue weighted by Crippen LogP contribution is -2.28. The van der Waals surface area contributed by atoms with Crippen LogP contribution in [-0.2, 0) is 11.2 Å². The molecule has 86 valence electrons. The summed E-state index contributed by atoms with van der Waals surface area (Å²) in [5, 5.41) is 9.18. The average molecular weight is 219 g/mol. The number of para-hydroxylation sites is 1. The summed E-state index contributed by atoms with van der Waals surface area (Å²) in [5.41, 5.74) is 2.16. The van der Waals surface area contributed by atoms with Gasteiger partial charge in [-0.1, -0.05) is 18.2 Å². The van der Waals surface area contributed by atoms with E-state index in [0.29, 0.717) is 13.0 Å².